The van der Waals surface area contributed by atoms with Gasteiger partial charge < -0.3 is 4.74 Å². The number of carbonyl (C=O) groups excluding carboxylic acids is 1. The molecule has 0 aliphatic heterocycles. The van der Waals surface area contributed by atoms with Crippen molar-refractivity contribution in [3.8, 4) is 17.0 Å². The van der Waals surface area contributed by atoms with Gasteiger partial charge in [0.25, 0.3) is 11.6 Å². The Morgan fingerprint density at radius 3 is 2.78 bits per heavy atom. The summed E-state index contributed by atoms with van der Waals surface area (Å²) >= 11 is 1.30. The third-order valence-corrected chi connectivity index (χ3v) is 4.60. The number of hydrogen-bond donors (Lipinski definition) is 1. The summed E-state index contributed by atoms with van der Waals surface area (Å²) in [4.78, 5) is 27.3. The molecule has 0 saturated carbocycles. The largest absolute Gasteiger partial charge is 0.493 e. The molecule has 27 heavy (non-hydrogen) atoms. The number of rotatable bonds is 6. The van der Waals surface area contributed by atoms with E-state index in [2.05, 4.69) is 10.3 Å². The van der Waals surface area contributed by atoms with Gasteiger partial charge >= 0.3 is 0 Å². The number of nitro benzene ring substituents is 1. The minimum Gasteiger partial charge on any atom is -0.493 e. The molecule has 8 heteroatoms. The molecular weight excluding hydrogens is 366 g/mol. The van der Waals surface area contributed by atoms with Gasteiger partial charge in [0.2, 0.25) is 0 Å². The van der Waals surface area contributed by atoms with Gasteiger partial charge in [0, 0.05) is 28.1 Å². The number of benzene rings is 2. The monoisotopic (exact) mass is 383 g/mol. The van der Waals surface area contributed by atoms with Crippen LogP contribution in [0.3, 0.4) is 0 Å². The van der Waals surface area contributed by atoms with Crippen molar-refractivity contribution in [2.45, 2.75) is 13.8 Å². The van der Waals surface area contributed by atoms with E-state index in [1.165, 1.54) is 29.5 Å². The summed E-state index contributed by atoms with van der Waals surface area (Å²) in [5.74, 6) is 0.362. The summed E-state index contributed by atoms with van der Waals surface area (Å²) in [6.07, 6.45) is 0. The van der Waals surface area contributed by atoms with E-state index in [9.17, 15) is 14.9 Å². The number of aryl methyl sites for hydroxylation is 1. The molecule has 0 aliphatic rings. The van der Waals surface area contributed by atoms with Crippen molar-refractivity contribution in [3.05, 3.63) is 69.1 Å². The van der Waals surface area contributed by atoms with Crippen LogP contribution in [0.15, 0.2) is 47.8 Å². The molecule has 7 nitrogen and oxygen atoms in total. The van der Waals surface area contributed by atoms with Crippen molar-refractivity contribution in [1.82, 2.24) is 4.98 Å². The van der Waals surface area contributed by atoms with Crippen molar-refractivity contribution in [3.63, 3.8) is 0 Å². The van der Waals surface area contributed by atoms with Crippen LogP contribution in [-0.2, 0) is 0 Å². The fraction of sp³-hybridized carbons (Fsp3) is 0.158. The SMILES string of the molecule is CCOc1ccccc1-c1csc(NC(=O)c2ccc([N+](=O)[O-])c(C)c2)n1. The Bertz CT molecular complexity index is 1000. The van der Waals surface area contributed by atoms with Crippen LogP contribution in [0.1, 0.15) is 22.8 Å². The van der Waals surface area contributed by atoms with Gasteiger partial charge in [-0.05, 0) is 38.1 Å². The molecule has 3 rings (SSSR count). The number of ether oxygens (including phenoxy) is 1. The highest BCUT2D eigenvalue weighted by Gasteiger charge is 2.16. The summed E-state index contributed by atoms with van der Waals surface area (Å²) < 4.78 is 5.62. The van der Waals surface area contributed by atoms with Gasteiger partial charge in [0.15, 0.2) is 5.13 Å². The number of nitrogens with one attached hydrogen (secondary N) is 1. The first-order valence-electron chi connectivity index (χ1n) is 8.23. The van der Waals surface area contributed by atoms with Gasteiger partial charge in [-0.25, -0.2) is 4.98 Å². The normalized spacial score (nSPS) is 10.4. The zero-order valence-corrected chi connectivity index (χ0v) is 15.6. The molecule has 0 atom stereocenters. The van der Waals surface area contributed by atoms with Crippen molar-refractivity contribution in [2.75, 3.05) is 11.9 Å². The molecule has 1 amide bonds. The first-order valence-corrected chi connectivity index (χ1v) is 9.11. The van der Waals surface area contributed by atoms with Crippen LogP contribution < -0.4 is 10.1 Å². The Hall–Kier alpha value is -3.26. The van der Waals surface area contributed by atoms with E-state index in [4.69, 9.17) is 4.74 Å². The van der Waals surface area contributed by atoms with E-state index < -0.39 is 4.92 Å². The van der Waals surface area contributed by atoms with E-state index >= 15 is 0 Å². The molecule has 2 aromatic carbocycles. The number of amides is 1. The highest BCUT2D eigenvalue weighted by Crippen LogP contribution is 2.32. The lowest BCUT2D eigenvalue weighted by Crippen LogP contribution is -2.12. The summed E-state index contributed by atoms with van der Waals surface area (Å²) in [6, 6.07) is 11.8. The Morgan fingerprint density at radius 1 is 1.30 bits per heavy atom. The van der Waals surface area contributed by atoms with Gasteiger partial charge in [-0.1, -0.05) is 12.1 Å². The summed E-state index contributed by atoms with van der Waals surface area (Å²) in [5, 5.41) is 15.9. The number of nitro groups is 1. The van der Waals surface area contributed by atoms with Gasteiger partial charge in [-0.3, -0.25) is 20.2 Å². The van der Waals surface area contributed by atoms with Crippen molar-refractivity contribution in [2.24, 2.45) is 0 Å². The first-order chi connectivity index (χ1) is 13.0. The van der Waals surface area contributed by atoms with E-state index in [1.54, 1.807) is 6.92 Å². The van der Waals surface area contributed by atoms with Crippen LogP contribution in [0.4, 0.5) is 10.8 Å². The molecule has 0 radical (unpaired) electrons. The van der Waals surface area contributed by atoms with Crippen LogP contribution in [0, 0.1) is 17.0 Å². The minimum atomic E-state index is -0.472. The van der Waals surface area contributed by atoms with Gasteiger partial charge in [-0.15, -0.1) is 11.3 Å². The quantitative estimate of drug-likeness (QED) is 0.493. The van der Waals surface area contributed by atoms with Crippen LogP contribution in [0.25, 0.3) is 11.3 Å². The highest BCUT2D eigenvalue weighted by molar-refractivity contribution is 7.14. The molecule has 0 unspecified atom stereocenters. The number of hydrogen-bond acceptors (Lipinski definition) is 6. The topological polar surface area (TPSA) is 94.4 Å². The summed E-state index contributed by atoms with van der Waals surface area (Å²) in [7, 11) is 0. The van der Waals surface area contributed by atoms with Crippen molar-refractivity contribution in [1.29, 1.82) is 0 Å². The molecule has 0 aliphatic carbocycles. The van der Waals surface area contributed by atoms with Crippen LogP contribution in [0.2, 0.25) is 0 Å². The fourth-order valence-corrected chi connectivity index (χ4v) is 3.29. The molecule has 0 bridgehead atoms. The molecule has 0 spiro atoms. The van der Waals surface area contributed by atoms with E-state index in [0.29, 0.717) is 28.6 Å². The number of aromatic nitrogens is 1. The van der Waals surface area contributed by atoms with E-state index in [1.807, 2.05) is 36.6 Å². The minimum absolute atomic E-state index is 0.0179. The second kappa shape index (κ2) is 7.96. The third-order valence-electron chi connectivity index (χ3n) is 3.84. The average Bonchev–Trinajstić information content (AvgIpc) is 3.10. The predicted octanol–water partition coefficient (Wildman–Crippen LogP) is 4.68. The number of thiazole rings is 1. The maximum atomic E-state index is 12.4. The Labute approximate surface area is 159 Å². The van der Waals surface area contributed by atoms with Crippen molar-refractivity contribution >= 4 is 28.1 Å². The van der Waals surface area contributed by atoms with Crippen LogP contribution >= 0.6 is 11.3 Å². The average molecular weight is 383 g/mol. The fourth-order valence-electron chi connectivity index (χ4n) is 2.59. The summed E-state index contributed by atoms with van der Waals surface area (Å²) in [5.41, 5.74) is 2.31. The second-order valence-corrected chi connectivity index (χ2v) is 6.54. The molecule has 0 saturated heterocycles. The second-order valence-electron chi connectivity index (χ2n) is 5.68. The Morgan fingerprint density at radius 2 is 2.07 bits per heavy atom. The van der Waals surface area contributed by atoms with Gasteiger partial charge in [-0.2, -0.15) is 0 Å². The van der Waals surface area contributed by atoms with Gasteiger partial charge in [0.05, 0.1) is 17.2 Å². The molecular formula is C19H17N3O4S. The molecule has 0 fully saturated rings. The maximum absolute atomic E-state index is 12.4. The molecule has 1 heterocycles. The van der Waals surface area contributed by atoms with Crippen molar-refractivity contribution < 1.29 is 14.5 Å². The number of anilines is 1. The highest BCUT2D eigenvalue weighted by atomic mass is 32.1. The first kappa shape index (κ1) is 18.5. The standard InChI is InChI=1S/C19H17N3O4S/c1-3-26-17-7-5-4-6-14(17)15-11-27-19(20-15)21-18(23)13-8-9-16(22(24)25)12(2)10-13/h4-11H,3H2,1-2H3,(H,20,21,23). The predicted molar refractivity (Wildman–Crippen MR) is 105 cm³/mol. The summed E-state index contributed by atoms with van der Waals surface area (Å²) in [6.45, 7) is 4.06. The van der Waals surface area contributed by atoms with E-state index in [0.717, 1.165) is 11.3 Å². The zero-order valence-electron chi connectivity index (χ0n) is 14.8. The smallest absolute Gasteiger partial charge is 0.272 e. The number of nitrogens with zero attached hydrogens (tertiary/aromatic N) is 2. The van der Waals surface area contributed by atoms with Crippen LogP contribution in [0.5, 0.6) is 5.75 Å². The van der Waals surface area contributed by atoms with Crippen LogP contribution in [-0.4, -0.2) is 22.4 Å². The lowest BCUT2D eigenvalue weighted by atomic mass is 10.1. The van der Waals surface area contributed by atoms with E-state index in [-0.39, 0.29) is 11.6 Å². The lowest BCUT2D eigenvalue weighted by molar-refractivity contribution is -0.385. The Balaban J connectivity index is 1.79. The molecule has 1 N–H and O–H groups in total. The molecule has 1 aromatic heterocycles. The Kier molecular flexibility index (Phi) is 5.46. The molecule has 3 aromatic rings. The maximum Gasteiger partial charge on any atom is 0.272 e. The molecule has 138 valence electrons. The number of para-hydroxylation sites is 1. The third kappa shape index (κ3) is 4.12. The zero-order chi connectivity index (χ0) is 19.4. The lowest BCUT2D eigenvalue weighted by Gasteiger charge is -2.07. The van der Waals surface area contributed by atoms with Gasteiger partial charge in [0.1, 0.15) is 5.75 Å². The number of carbonyl (C=O) groups is 1.